The number of unbranched alkanes of at least 4 members (excludes halogenated alkanes) is 1. The smallest absolute Gasteiger partial charge is 0.238 e. The van der Waals surface area contributed by atoms with Crippen molar-refractivity contribution in [3.05, 3.63) is 29.8 Å². The molecule has 0 aliphatic heterocycles. The Bertz CT molecular complexity index is 474. The molecule has 5 nitrogen and oxygen atoms in total. The molecule has 1 aromatic carbocycles. The van der Waals surface area contributed by atoms with Crippen LogP contribution in [-0.2, 0) is 4.79 Å². The van der Waals surface area contributed by atoms with Crippen LogP contribution < -0.4 is 5.32 Å². The van der Waals surface area contributed by atoms with Gasteiger partial charge in [0.1, 0.15) is 0 Å². The molecule has 0 radical (unpaired) electrons. The first-order valence-corrected chi connectivity index (χ1v) is 7.31. The highest BCUT2D eigenvalue weighted by Gasteiger charge is 2.10. The molecule has 116 valence electrons. The van der Waals surface area contributed by atoms with Crippen molar-refractivity contribution < 1.29 is 14.7 Å². The zero-order valence-corrected chi connectivity index (χ0v) is 12.8. The van der Waals surface area contributed by atoms with Crippen molar-refractivity contribution in [3.63, 3.8) is 0 Å². The van der Waals surface area contributed by atoms with E-state index in [1.807, 2.05) is 4.90 Å². The Labute approximate surface area is 126 Å². The first kappa shape index (κ1) is 17.3. The van der Waals surface area contributed by atoms with Gasteiger partial charge in [0, 0.05) is 17.8 Å². The van der Waals surface area contributed by atoms with Crippen LogP contribution in [0.3, 0.4) is 0 Å². The van der Waals surface area contributed by atoms with Gasteiger partial charge in [0.2, 0.25) is 5.91 Å². The van der Waals surface area contributed by atoms with Crippen LogP contribution >= 0.6 is 0 Å². The van der Waals surface area contributed by atoms with E-state index in [1.54, 1.807) is 24.3 Å². The highest BCUT2D eigenvalue weighted by molar-refractivity contribution is 5.97. The Balaban J connectivity index is 2.58. The van der Waals surface area contributed by atoms with Gasteiger partial charge in [0.05, 0.1) is 13.2 Å². The van der Waals surface area contributed by atoms with Crippen LogP contribution in [0.15, 0.2) is 24.3 Å². The minimum Gasteiger partial charge on any atom is -0.395 e. The van der Waals surface area contributed by atoms with Crippen molar-refractivity contribution in [1.82, 2.24) is 4.90 Å². The number of ketones is 1. The summed E-state index contributed by atoms with van der Waals surface area (Å²) in [6, 6.07) is 6.89. The number of rotatable bonds is 9. The molecule has 0 heterocycles. The maximum absolute atomic E-state index is 12.0. The normalized spacial score (nSPS) is 10.7. The summed E-state index contributed by atoms with van der Waals surface area (Å²) < 4.78 is 0. The van der Waals surface area contributed by atoms with Gasteiger partial charge in [-0.3, -0.25) is 14.5 Å². The summed E-state index contributed by atoms with van der Waals surface area (Å²) in [6.45, 7) is 5.14. The minimum absolute atomic E-state index is 0.0315. The fraction of sp³-hybridized carbons (Fsp3) is 0.500. The number of carbonyl (C=O) groups excluding carboxylic acids is 2. The number of hydrogen-bond donors (Lipinski definition) is 2. The second-order valence-corrected chi connectivity index (χ2v) is 5.04. The molecule has 0 aromatic heterocycles. The molecule has 1 rings (SSSR count). The standard InChI is InChI=1S/C16H24N2O3/c1-3-4-8-18(9-10-19)12-16(21)17-15-7-5-6-14(11-15)13(2)20/h5-7,11,19H,3-4,8-10,12H2,1-2H3,(H,17,21). The van der Waals surface area contributed by atoms with E-state index in [1.165, 1.54) is 6.92 Å². The molecule has 2 N–H and O–H groups in total. The number of Topliss-reactive ketones (excluding diaryl/α,β-unsaturated/α-hetero) is 1. The number of aliphatic hydroxyl groups is 1. The number of benzene rings is 1. The summed E-state index contributed by atoms with van der Waals surface area (Å²) in [5.41, 5.74) is 1.19. The topological polar surface area (TPSA) is 69.6 Å². The number of amides is 1. The molecule has 21 heavy (non-hydrogen) atoms. The van der Waals surface area contributed by atoms with Crippen molar-refractivity contribution in [1.29, 1.82) is 0 Å². The van der Waals surface area contributed by atoms with Gasteiger partial charge < -0.3 is 10.4 Å². The first-order chi connectivity index (χ1) is 10.1. The van der Waals surface area contributed by atoms with Crippen LogP contribution in [0.5, 0.6) is 0 Å². The lowest BCUT2D eigenvalue weighted by atomic mass is 10.1. The number of carbonyl (C=O) groups is 2. The van der Waals surface area contributed by atoms with E-state index < -0.39 is 0 Å². The third-order valence-corrected chi connectivity index (χ3v) is 3.16. The summed E-state index contributed by atoms with van der Waals surface area (Å²) >= 11 is 0. The number of aliphatic hydroxyl groups excluding tert-OH is 1. The van der Waals surface area contributed by atoms with Gasteiger partial charge in [-0.2, -0.15) is 0 Å². The molecule has 0 spiro atoms. The summed E-state index contributed by atoms with van der Waals surface area (Å²) in [7, 11) is 0. The van der Waals surface area contributed by atoms with Gasteiger partial charge in [-0.25, -0.2) is 0 Å². The lowest BCUT2D eigenvalue weighted by Gasteiger charge is -2.20. The Kier molecular flexibility index (Phi) is 7.64. The fourth-order valence-corrected chi connectivity index (χ4v) is 2.01. The van der Waals surface area contributed by atoms with E-state index in [2.05, 4.69) is 12.2 Å². The molecular weight excluding hydrogens is 268 g/mol. The second-order valence-electron chi connectivity index (χ2n) is 5.04. The van der Waals surface area contributed by atoms with Gasteiger partial charge in [0.25, 0.3) is 0 Å². The number of anilines is 1. The zero-order valence-electron chi connectivity index (χ0n) is 12.8. The Morgan fingerprint density at radius 3 is 2.67 bits per heavy atom. The Morgan fingerprint density at radius 2 is 2.05 bits per heavy atom. The molecule has 0 aliphatic rings. The lowest BCUT2D eigenvalue weighted by molar-refractivity contribution is -0.117. The third kappa shape index (κ3) is 6.51. The molecule has 0 saturated carbocycles. The van der Waals surface area contributed by atoms with Gasteiger partial charge in [-0.1, -0.05) is 25.5 Å². The average molecular weight is 292 g/mol. The Hall–Kier alpha value is -1.72. The summed E-state index contributed by atoms with van der Waals surface area (Å²) in [5, 5.41) is 11.8. The maximum atomic E-state index is 12.0. The van der Waals surface area contributed by atoms with E-state index in [4.69, 9.17) is 5.11 Å². The SMILES string of the molecule is CCCCN(CCO)CC(=O)Nc1cccc(C(C)=O)c1. The van der Waals surface area contributed by atoms with Crippen LogP contribution in [-0.4, -0.2) is 47.9 Å². The Morgan fingerprint density at radius 1 is 1.29 bits per heavy atom. The summed E-state index contributed by atoms with van der Waals surface area (Å²) in [4.78, 5) is 25.3. The second kappa shape index (κ2) is 9.26. The zero-order chi connectivity index (χ0) is 15.7. The number of hydrogen-bond acceptors (Lipinski definition) is 4. The predicted molar refractivity (Wildman–Crippen MR) is 83.5 cm³/mol. The fourth-order valence-electron chi connectivity index (χ4n) is 2.01. The number of nitrogens with one attached hydrogen (secondary N) is 1. The summed E-state index contributed by atoms with van der Waals surface area (Å²) in [6.07, 6.45) is 2.04. The monoisotopic (exact) mass is 292 g/mol. The largest absolute Gasteiger partial charge is 0.395 e. The number of nitrogens with zero attached hydrogens (tertiary/aromatic N) is 1. The maximum Gasteiger partial charge on any atom is 0.238 e. The van der Waals surface area contributed by atoms with Gasteiger partial charge in [-0.05, 0) is 32.0 Å². The molecule has 1 amide bonds. The molecule has 0 fully saturated rings. The molecular formula is C16H24N2O3. The van der Waals surface area contributed by atoms with Crippen molar-refractivity contribution in [3.8, 4) is 0 Å². The highest BCUT2D eigenvalue weighted by atomic mass is 16.3. The van der Waals surface area contributed by atoms with Crippen molar-refractivity contribution in [2.45, 2.75) is 26.7 Å². The van der Waals surface area contributed by atoms with Crippen molar-refractivity contribution in [2.24, 2.45) is 0 Å². The van der Waals surface area contributed by atoms with E-state index >= 15 is 0 Å². The molecule has 0 bridgehead atoms. The van der Waals surface area contributed by atoms with E-state index in [0.29, 0.717) is 17.8 Å². The van der Waals surface area contributed by atoms with Crippen LogP contribution in [0, 0.1) is 0 Å². The third-order valence-electron chi connectivity index (χ3n) is 3.16. The van der Waals surface area contributed by atoms with Crippen LogP contribution in [0.1, 0.15) is 37.0 Å². The van der Waals surface area contributed by atoms with Gasteiger partial charge in [0.15, 0.2) is 5.78 Å². The lowest BCUT2D eigenvalue weighted by Crippen LogP contribution is -2.35. The van der Waals surface area contributed by atoms with Gasteiger partial charge in [-0.15, -0.1) is 0 Å². The highest BCUT2D eigenvalue weighted by Crippen LogP contribution is 2.11. The van der Waals surface area contributed by atoms with Gasteiger partial charge >= 0.3 is 0 Å². The molecule has 0 saturated heterocycles. The van der Waals surface area contributed by atoms with Crippen LogP contribution in [0.25, 0.3) is 0 Å². The van der Waals surface area contributed by atoms with Crippen molar-refractivity contribution >= 4 is 17.4 Å². The molecule has 0 unspecified atom stereocenters. The van der Waals surface area contributed by atoms with Crippen molar-refractivity contribution in [2.75, 3.05) is 31.6 Å². The predicted octanol–water partition coefficient (Wildman–Crippen LogP) is 1.92. The van der Waals surface area contributed by atoms with E-state index in [9.17, 15) is 9.59 Å². The molecule has 5 heteroatoms. The van der Waals surface area contributed by atoms with Crippen LogP contribution in [0.2, 0.25) is 0 Å². The molecule has 0 atom stereocenters. The average Bonchev–Trinajstić information content (AvgIpc) is 2.45. The quantitative estimate of drug-likeness (QED) is 0.682. The molecule has 1 aromatic rings. The van der Waals surface area contributed by atoms with Crippen LogP contribution in [0.4, 0.5) is 5.69 Å². The minimum atomic E-state index is -0.139. The molecule has 0 aliphatic carbocycles. The first-order valence-electron chi connectivity index (χ1n) is 7.31. The van der Waals surface area contributed by atoms with E-state index in [-0.39, 0.29) is 24.8 Å². The summed E-state index contributed by atoms with van der Waals surface area (Å²) in [5.74, 6) is -0.170. The van der Waals surface area contributed by atoms with E-state index in [0.717, 1.165) is 19.4 Å².